The number of hydrogen-bond donors (Lipinski definition) is 1. The van der Waals surface area contributed by atoms with E-state index >= 15 is 0 Å². The van der Waals surface area contributed by atoms with Gasteiger partial charge in [-0.2, -0.15) is 26.3 Å². The van der Waals surface area contributed by atoms with Gasteiger partial charge in [-0.05, 0) is 6.42 Å². The van der Waals surface area contributed by atoms with Crippen molar-refractivity contribution in [1.29, 1.82) is 0 Å². The summed E-state index contributed by atoms with van der Waals surface area (Å²) in [6, 6.07) is 0. The molecule has 22 heavy (non-hydrogen) atoms. The lowest BCUT2D eigenvalue weighted by atomic mass is 9.78. The van der Waals surface area contributed by atoms with E-state index in [0.29, 0.717) is 19.4 Å². The normalized spacial score (nSPS) is 15.1. The molecule has 0 fully saturated rings. The van der Waals surface area contributed by atoms with E-state index in [0.717, 1.165) is 0 Å². The quantitative estimate of drug-likeness (QED) is 0.404. The van der Waals surface area contributed by atoms with E-state index in [1.165, 1.54) is 13.8 Å². The summed E-state index contributed by atoms with van der Waals surface area (Å²) in [5, 5.41) is 9.76. The van der Waals surface area contributed by atoms with Crippen LogP contribution in [0.25, 0.3) is 0 Å². The summed E-state index contributed by atoms with van der Waals surface area (Å²) in [4.78, 5) is 11.9. The highest BCUT2D eigenvalue weighted by Crippen LogP contribution is 2.45. The van der Waals surface area contributed by atoms with Crippen molar-refractivity contribution in [2.45, 2.75) is 59.3 Å². The highest BCUT2D eigenvalue weighted by Gasteiger charge is 2.49. The lowest BCUT2D eigenvalue weighted by molar-refractivity contribution is -0.190. The van der Waals surface area contributed by atoms with Crippen LogP contribution in [0, 0.1) is 10.8 Å². The number of alkyl halides is 6. The van der Waals surface area contributed by atoms with E-state index in [2.05, 4.69) is 0 Å². The zero-order chi connectivity index (χ0) is 18.0. The first-order valence-electron chi connectivity index (χ1n) is 6.61. The van der Waals surface area contributed by atoms with Gasteiger partial charge in [0.05, 0.1) is 12.8 Å². The zero-order valence-electron chi connectivity index (χ0n) is 12.8. The van der Waals surface area contributed by atoms with Gasteiger partial charge in [-0.25, -0.2) is 0 Å². The number of aliphatic hydroxyl groups excluding tert-OH is 1. The minimum atomic E-state index is -4.91. The molecule has 0 saturated carbocycles. The van der Waals surface area contributed by atoms with Crippen LogP contribution in [-0.2, 0) is 4.79 Å². The fraction of sp³-hybridized carbons (Fsp3) is 0.786. The first-order chi connectivity index (χ1) is 9.52. The number of carbonyl (C=O) groups is 1. The molecule has 0 aliphatic rings. The third kappa shape index (κ3) is 6.70. The van der Waals surface area contributed by atoms with Gasteiger partial charge in [0.2, 0.25) is 0 Å². The van der Waals surface area contributed by atoms with Crippen molar-refractivity contribution in [1.82, 2.24) is 0 Å². The first-order valence-corrected chi connectivity index (χ1v) is 6.61. The van der Waals surface area contributed by atoms with Crippen LogP contribution in [0.2, 0.25) is 0 Å². The van der Waals surface area contributed by atoms with Crippen molar-refractivity contribution in [2.24, 2.45) is 10.8 Å². The third-order valence-corrected chi connectivity index (χ3v) is 3.62. The molecule has 0 aromatic heterocycles. The second kappa shape index (κ2) is 6.50. The Morgan fingerprint density at radius 2 is 1.32 bits per heavy atom. The number of ketones is 1. The minimum Gasteiger partial charge on any atom is -0.512 e. The van der Waals surface area contributed by atoms with E-state index in [1.807, 2.05) is 0 Å². The van der Waals surface area contributed by atoms with Crippen LogP contribution in [0.4, 0.5) is 26.3 Å². The van der Waals surface area contributed by atoms with Crippen molar-refractivity contribution >= 4 is 5.78 Å². The molecule has 0 bridgehead atoms. The molecule has 0 aromatic rings. The summed E-state index contributed by atoms with van der Waals surface area (Å²) in [6.07, 6.45) is -12.8. The van der Waals surface area contributed by atoms with Gasteiger partial charge in [0, 0.05) is 16.9 Å². The predicted molar refractivity (Wildman–Crippen MR) is 69.2 cm³/mol. The van der Waals surface area contributed by atoms with E-state index in [1.54, 1.807) is 6.92 Å². The summed E-state index contributed by atoms with van der Waals surface area (Å²) in [6.45, 7) is 5.27. The number of rotatable bonds is 6. The van der Waals surface area contributed by atoms with E-state index in [-0.39, 0.29) is 0 Å². The summed E-state index contributed by atoms with van der Waals surface area (Å²) < 4.78 is 75.2. The Labute approximate surface area is 125 Å². The van der Waals surface area contributed by atoms with Gasteiger partial charge in [0.15, 0.2) is 5.78 Å². The van der Waals surface area contributed by atoms with Crippen LogP contribution in [0.1, 0.15) is 47.0 Å². The SMILES string of the molecule is CCC(C)(C)C(=O)/C=C(\O)C(C)(CC(F)(F)F)CC(F)(F)F. The van der Waals surface area contributed by atoms with Crippen LogP contribution in [0.15, 0.2) is 11.8 Å². The second-order valence-corrected chi connectivity index (χ2v) is 6.28. The van der Waals surface area contributed by atoms with Crippen LogP contribution < -0.4 is 0 Å². The molecule has 0 rings (SSSR count). The maximum Gasteiger partial charge on any atom is 0.390 e. The Morgan fingerprint density at radius 1 is 0.955 bits per heavy atom. The summed E-state index contributed by atoms with van der Waals surface area (Å²) in [5.74, 6) is -1.92. The van der Waals surface area contributed by atoms with Gasteiger partial charge in [0.1, 0.15) is 5.76 Å². The van der Waals surface area contributed by atoms with Gasteiger partial charge >= 0.3 is 12.4 Å². The van der Waals surface area contributed by atoms with Gasteiger partial charge < -0.3 is 5.11 Å². The van der Waals surface area contributed by atoms with Crippen LogP contribution in [-0.4, -0.2) is 23.2 Å². The number of carbonyl (C=O) groups excluding carboxylic acids is 1. The van der Waals surface area contributed by atoms with E-state index in [9.17, 15) is 36.2 Å². The van der Waals surface area contributed by atoms with E-state index < -0.39 is 47.6 Å². The lowest BCUT2D eigenvalue weighted by Gasteiger charge is -2.31. The average Bonchev–Trinajstić information content (AvgIpc) is 2.23. The Morgan fingerprint density at radius 3 is 1.59 bits per heavy atom. The largest absolute Gasteiger partial charge is 0.512 e. The van der Waals surface area contributed by atoms with Crippen LogP contribution in [0.3, 0.4) is 0 Å². The van der Waals surface area contributed by atoms with Crippen LogP contribution >= 0.6 is 0 Å². The maximum absolute atomic E-state index is 12.5. The molecule has 0 aromatic carbocycles. The Balaban J connectivity index is 5.64. The molecule has 0 aliphatic carbocycles. The van der Waals surface area contributed by atoms with Gasteiger partial charge in [0.25, 0.3) is 0 Å². The third-order valence-electron chi connectivity index (χ3n) is 3.62. The number of hydrogen-bond acceptors (Lipinski definition) is 2. The molecule has 0 amide bonds. The minimum absolute atomic E-state index is 0.324. The monoisotopic (exact) mass is 334 g/mol. The average molecular weight is 334 g/mol. The highest BCUT2D eigenvalue weighted by molar-refractivity contribution is 5.94. The number of aliphatic hydroxyl groups is 1. The summed E-state index contributed by atoms with van der Waals surface area (Å²) >= 11 is 0. The van der Waals surface area contributed by atoms with Crippen molar-refractivity contribution in [3.8, 4) is 0 Å². The van der Waals surface area contributed by atoms with Crippen molar-refractivity contribution in [2.75, 3.05) is 0 Å². The Hall–Kier alpha value is -1.21. The summed E-state index contributed by atoms with van der Waals surface area (Å²) in [5.41, 5.74) is -3.61. The molecular weight excluding hydrogens is 314 g/mol. The van der Waals surface area contributed by atoms with E-state index in [4.69, 9.17) is 0 Å². The Bertz CT molecular complexity index is 416. The van der Waals surface area contributed by atoms with Crippen molar-refractivity contribution in [3.05, 3.63) is 11.8 Å². The molecule has 1 N–H and O–H groups in total. The molecule has 0 heterocycles. The Kier molecular flexibility index (Phi) is 6.14. The maximum atomic E-state index is 12.5. The molecule has 8 heteroatoms. The molecule has 2 nitrogen and oxygen atoms in total. The fourth-order valence-corrected chi connectivity index (χ4v) is 1.80. The highest BCUT2D eigenvalue weighted by atomic mass is 19.4. The summed E-state index contributed by atoms with van der Waals surface area (Å²) in [7, 11) is 0. The molecule has 0 saturated heterocycles. The van der Waals surface area contributed by atoms with Crippen molar-refractivity contribution in [3.63, 3.8) is 0 Å². The number of allylic oxidation sites excluding steroid dienone is 2. The standard InChI is InChI=1S/C14H20F6O2/c1-5-11(2,3)9(21)6-10(22)12(4,7-13(15,16)17)8-14(18,19)20/h6,22H,5,7-8H2,1-4H3/b10-6-. The second-order valence-electron chi connectivity index (χ2n) is 6.28. The lowest BCUT2D eigenvalue weighted by Crippen LogP contribution is -2.33. The van der Waals surface area contributed by atoms with Crippen molar-refractivity contribution < 1.29 is 36.2 Å². The molecule has 0 atom stereocenters. The fourth-order valence-electron chi connectivity index (χ4n) is 1.80. The molecule has 0 aliphatic heterocycles. The van der Waals surface area contributed by atoms with Crippen LogP contribution in [0.5, 0.6) is 0 Å². The smallest absolute Gasteiger partial charge is 0.390 e. The number of halogens is 6. The zero-order valence-corrected chi connectivity index (χ0v) is 12.8. The van der Waals surface area contributed by atoms with Gasteiger partial charge in [-0.1, -0.05) is 27.7 Å². The molecular formula is C14H20F6O2. The predicted octanol–water partition coefficient (Wildman–Crippen LogP) is 5.34. The van der Waals surface area contributed by atoms with Gasteiger partial charge in [-0.15, -0.1) is 0 Å². The first kappa shape index (κ1) is 20.8. The molecule has 0 unspecified atom stereocenters. The molecule has 0 radical (unpaired) electrons. The molecule has 0 spiro atoms. The molecule has 130 valence electrons. The van der Waals surface area contributed by atoms with Gasteiger partial charge in [-0.3, -0.25) is 4.79 Å². The topological polar surface area (TPSA) is 37.3 Å².